The molecule has 1 aliphatic rings. The molecule has 0 aromatic heterocycles. The van der Waals surface area contributed by atoms with E-state index in [1.807, 2.05) is 43.4 Å². The standard InChI is InChI=1S/C24H27NO2/c1-5-25(4)15-22-18-11-7-6-8-13-20(18)23(24(26)27-16-17(2)3)21-14-10-9-12-19(21)22/h6-10,12-14H,2,5,11,15-16H2,1,3-4H3. The topological polar surface area (TPSA) is 29.5 Å². The van der Waals surface area contributed by atoms with Crippen molar-refractivity contribution < 1.29 is 9.53 Å². The first-order valence-electron chi connectivity index (χ1n) is 9.42. The summed E-state index contributed by atoms with van der Waals surface area (Å²) in [6.07, 6.45) is 9.04. The maximum absolute atomic E-state index is 13.0. The van der Waals surface area contributed by atoms with E-state index in [1.165, 1.54) is 11.1 Å². The molecule has 0 saturated heterocycles. The molecule has 0 atom stereocenters. The van der Waals surface area contributed by atoms with Gasteiger partial charge in [0.05, 0.1) is 5.56 Å². The molecule has 0 aliphatic heterocycles. The van der Waals surface area contributed by atoms with E-state index < -0.39 is 0 Å². The van der Waals surface area contributed by atoms with Gasteiger partial charge in [-0.05, 0) is 60.0 Å². The number of allylic oxidation sites excluding steroid dienone is 3. The Morgan fingerprint density at radius 1 is 1.22 bits per heavy atom. The fraction of sp³-hybridized carbons (Fsp3) is 0.292. The molecule has 0 spiro atoms. The van der Waals surface area contributed by atoms with E-state index in [0.29, 0.717) is 5.56 Å². The van der Waals surface area contributed by atoms with Gasteiger partial charge in [0, 0.05) is 6.54 Å². The van der Waals surface area contributed by atoms with Gasteiger partial charge in [-0.15, -0.1) is 0 Å². The van der Waals surface area contributed by atoms with Gasteiger partial charge in [0.1, 0.15) is 6.61 Å². The summed E-state index contributed by atoms with van der Waals surface area (Å²) in [6, 6.07) is 8.16. The third kappa shape index (κ3) is 4.04. The largest absolute Gasteiger partial charge is 0.458 e. The van der Waals surface area contributed by atoms with Gasteiger partial charge in [-0.3, -0.25) is 0 Å². The van der Waals surface area contributed by atoms with Crippen LogP contribution in [-0.4, -0.2) is 31.1 Å². The smallest absolute Gasteiger partial charge is 0.339 e. The van der Waals surface area contributed by atoms with Crippen molar-refractivity contribution in [3.63, 3.8) is 0 Å². The average molecular weight is 361 g/mol. The van der Waals surface area contributed by atoms with Crippen LogP contribution in [0.1, 0.15) is 40.9 Å². The van der Waals surface area contributed by atoms with Gasteiger partial charge in [-0.1, -0.05) is 62.1 Å². The number of carbonyl (C=O) groups excluding carboxylic acids is 1. The van der Waals surface area contributed by atoms with E-state index in [-0.39, 0.29) is 12.6 Å². The Kier molecular flexibility index (Phi) is 5.92. The van der Waals surface area contributed by atoms with Crippen LogP contribution in [0.25, 0.3) is 16.8 Å². The van der Waals surface area contributed by atoms with Crippen LogP contribution < -0.4 is 0 Å². The zero-order valence-electron chi connectivity index (χ0n) is 16.4. The lowest BCUT2D eigenvalue weighted by molar-refractivity contribution is 0.0542. The fourth-order valence-corrected chi connectivity index (χ4v) is 3.46. The highest BCUT2D eigenvalue weighted by Crippen LogP contribution is 2.34. The molecule has 0 N–H and O–H groups in total. The Balaban J connectivity index is 2.26. The molecule has 0 heterocycles. The van der Waals surface area contributed by atoms with Crippen molar-refractivity contribution in [1.82, 2.24) is 4.90 Å². The molecule has 2 aromatic carbocycles. The summed E-state index contributed by atoms with van der Waals surface area (Å²) in [6.45, 7) is 9.91. The number of ether oxygens (including phenoxy) is 1. The van der Waals surface area contributed by atoms with E-state index in [9.17, 15) is 4.79 Å². The SMILES string of the molecule is C=C(C)COC(=O)c1c2c(c(CN(C)CC)c3ccccc13)CC=CC=C2. The number of rotatable bonds is 6. The average Bonchev–Trinajstić information content (AvgIpc) is 2.91. The lowest BCUT2D eigenvalue weighted by Gasteiger charge is -2.23. The number of benzene rings is 2. The van der Waals surface area contributed by atoms with Gasteiger partial charge < -0.3 is 9.64 Å². The predicted octanol–water partition coefficient (Wildman–Crippen LogP) is 5.15. The Morgan fingerprint density at radius 3 is 2.67 bits per heavy atom. The first-order valence-corrected chi connectivity index (χ1v) is 9.42. The molecular formula is C24H27NO2. The van der Waals surface area contributed by atoms with Crippen LogP contribution in [-0.2, 0) is 17.7 Å². The van der Waals surface area contributed by atoms with Gasteiger partial charge in [0.25, 0.3) is 0 Å². The molecule has 27 heavy (non-hydrogen) atoms. The van der Waals surface area contributed by atoms with Crippen molar-refractivity contribution in [1.29, 1.82) is 0 Å². The highest BCUT2D eigenvalue weighted by atomic mass is 16.5. The quantitative estimate of drug-likeness (QED) is 0.526. The molecule has 0 saturated carbocycles. The molecule has 0 radical (unpaired) electrons. The van der Waals surface area contributed by atoms with E-state index in [4.69, 9.17) is 4.74 Å². The first kappa shape index (κ1) is 19.1. The van der Waals surface area contributed by atoms with Crippen LogP contribution in [0.3, 0.4) is 0 Å². The first-order chi connectivity index (χ1) is 13.0. The fourth-order valence-electron chi connectivity index (χ4n) is 3.46. The van der Waals surface area contributed by atoms with Crippen molar-refractivity contribution in [3.8, 4) is 0 Å². The summed E-state index contributed by atoms with van der Waals surface area (Å²) in [4.78, 5) is 15.3. The highest BCUT2D eigenvalue weighted by Gasteiger charge is 2.23. The maximum atomic E-state index is 13.0. The predicted molar refractivity (Wildman–Crippen MR) is 113 cm³/mol. The van der Waals surface area contributed by atoms with Gasteiger partial charge in [0.2, 0.25) is 0 Å². The van der Waals surface area contributed by atoms with E-state index in [2.05, 4.69) is 37.6 Å². The van der Waals surface area contributed by atoms with Gasteiger partial charge in [0.15, 0.2) is 0 Å². The maximum Gasteiger partial charge on any atom is 0.339 e. The number of esters is 1. The highest BCUT2D eigenvalue weighted by molar-refractivity contribution is 6.09. The Hall–Kier alpha value is -2.65. The summed E-state index contributed by atoms with van der Waals surface area (Å²) in [5.74, 6) is -0.285. The number of fused-ring (bicyclic) bond motifs is 2. The molecule has 3 heteroatoms. The molecule has 0 unspecified atom stereocenters. The minimum atomic E-state index is -0.285. The van der Waals surface area contributed by atoms with Crippen LogP contribution in [0.4, 0.5) is 0 Å². The molecule has 1 aliphatic carbocycles. The van der Waals surface area contributed by atoms with Crippen LogP contribution in [0.15, 0.2) is 54.6 Å². The molecule has 3 nitrogen and oxygen atoms in total. The van der Waals surface area contributed by atoms with Crippen LogP contribution in [0, 0.1) is 0 Å². The van der Waals surface area contributed by atoms with Gasteiger partial charge >= 0.3 is 5.97 Å². The van der Waals surface area contributed by atoms with Crippen molar-refractivity contribution >= 4 is 22.8 Å². The number of carbonyl (C=O) groups is 1. The molecule has 0 fully saturated rings. The Bertz CT molecular complexity index is 937. The Labute approximate surface area is 161 Å². The van der Waals surface area contributed by atoms with Gasteiger partial charge in [-0.25, -0.2) is 4.79 Å². The van der Waals surface area contributed by atoms with Crippen molar-refractivity contribution in [2.75, 3.05) is 20.2 Å². The van der Waals surface area contributed by atoms with Crippen molar-refractivity contribution in [3.05, 3.63) is 76.9 Å². The second kappa shape index (κ2) is 8.36. The van der Waals surface area contributed by atoms with E-state index in [0.717, 1.165) is 41.4 Å². The second-order valence-corrected chi connectivity index (χ2v) is 7.15. The van der Waals surface area contributed by atoms with Crippen LogP contribution in [0.5, 0.6) is 0 Å². The summed E-state index contributed by atoms with van der Waals surface area (Å²) in [5, 5.41) is 2.08. The lowest BCUT2D eigenvalue weighted by atomic mass is 9.87. The summed E-state index contributed by atoms with van der Waals surface area (Å²) >= 11 is 0. The normalized spacial score (nSPS) is 12.9. The zero-order valence-corrected chi connectivity index (χ0v) is 16.4. The zero-order chi connectivity index (χ0) is 19.4. The summed E-state index contributed by atoms with van der Waals surface area (Å²) < 4.78 is 5.54. The monoisotopic (exact) mass is 361 g/mol. The van der Waals surface area contributed by atoms with Gasteiger partial charge in [-0.2, -0.15) is 0 Å². The summed E-state index contributed by atoms with van der Waals surface area (Å²) in [5.41, 5.74) is 4.96. The number of hydrogen-bond donors (Lipinski definition) is 0. The van der Waals surface area contributed by atoms with Crippen molar-refractivity contribution in [2.45, 2.75) is 26.8 Å². The second-order valence-electron chi connectivity index (χ2n) is 7.15. The lowest BCUT2D eigenvalue weighted by Crippen LogP contribution is -2.20. The molecule has 0 bridgehead atoms. The van der Waals surface area contributed by atoms with Crippen LogP contribution >= 0.6 is 0 Å². The van der Waals surface area contributed by atoms with Crippen LogP contribution in [0.2, 0.25) is 0 Å². The Morgan fingerprint density at radius 2 is 1.96 bits per heavy atom. The third-order valence-electron chi connectivity index (χ3n) is 4.93. The molecule has 140 valence electrons. The molecular weight excluding hydrogens is 334 g/mol. The van der Waals surface area contributed by atoms with E-state index >= 15 is 0 Å². The molecule has 2 aromatic rings. The number of hydrogen-bond acceptors (Lipinski definition) is 3. The minimum Gasteiger partial charge on any atom is -0.458 e. The minimum absolute atomic E-state index is 0.240. The van der Waals surface area contributed by atoms with E-state index in [1.54, 1.807) is 0 Å². The molecule has 0 amide bonds. The third-order valence-corrected chi connectivity index (χ3v) is 4.93. The van der Waals surface area contributed by atoms with Crippen molar-refractivity contribution in [2.24, 2.45) is 0 Å². The summed E-state index contributed by atoms with van der Waals surface area (Å²) in [7, 11) is 2.12. The molecule has 3 rings (SSSR count). The number of nitrogens with zero attached hydrogens (tertiary/aromatic N) is 1.